The Bertz CT molecular complexity index is 130. The predicted molar refractivity (Wildman–Crippen MR) is 50.3 cm³/mol. The summed E-state index contributed by atoms with van der Waals surface area (Å²) < 4.78 is 22.0. The molecule has 0 rings (SSSR count). The van der Waals surface area contributed by atoms with Crippen molar-refractivity contribution in [2.45, 2.75) is 39.0 Å². The van der Waals surface area contributed by atoms with E-state index in [1.54, 1.807) is 7.05 Å². The molecule has 12 heavy (non-hydrogen) atoms. The largest absolute Gasteiger partial charge is 0.760 e. The van der Waals surface area contributed by atoms with Gasteiger partial charge in [0, 0.05) is 17.8 Å². The number of hydrogen-bond acceptors (Lipinski definition) is 2. The lowest BCUT2D eigenvalue weighted by molar-refractivity contribution is 0.421. The van der Waals surface area contributed by atoms with Gasteiger partial charge in [0.2, 0.25) is 0 Å². The van der Waals surface area contributed by atoms with Crippen LogP contribution < -0.4 is 0 Å². The minimum Gasteiger partial charge on any atom is -0.760 e. The van der Waals surface area contributed by atoms with Crippen LogP contribution in [0.3, 0.4) is 0 Å². The van der Waals surface area contributed by atoms with E-state index >= 15 is 0 Å². The highest BCUT2D eigenvalue weighted by Crippen LogP contribution is 2.03. The van der Waals surface area contributed by atoms with E-state index in [0.717, 1.165) is 12.8 Å². The lowest BCUT2D eigenvalue weighted by Gasteiger charge is -2.18. The summed E-state index contributed by atoms with van der Waals surface area (Å²) in [6, 6.07) is 0. The fourth-order valence-electron chi connectivity index (χ4n) is 1.01. The molecule has 0 aromatic rings. The molecular formula is C8H18NO2S-. The Hall–Kier alpha value is 0.0700. The second-order valence-electron chi connectivity index (χ2n) is 2.98. The van der Waals surface area contributed by atoms with Crippen LogP contribution >= 0.6 is 0 Å². The topological polar surface area (TPSA) is 43.4 Å². The molecule has 1 atom stereocenters. The number of unbranched alkanes of at least 4 members (excludes halogenated alkanes) is 4. The molecule has 0 saturated heterocycles. The van der Waals surface area contributed by atoms with Crippen LogP contribution in [0.4, 0.5) is 0 Å². The van der Waals surface area contributed by atoms with E-state index in [9.17, 15) is 8.76 Å². The predicted octanol–water partition coefficient (Wildman–Crippen LogP) is 1.68. The number of rotatable bonds is 7. The minimum absolute atomic E-state index is 0.653. The molecule has 1 unspecified atom stereocenters. The maximum absolute atomic E-state index is 10.3. The van der Waals surface area contributed by atoms with Crippen LogP contribution in [0.25, 0.3) is 0 Å². The van der Waals surface area contributed by atoms with Crippen LogP contribution in [0.15, 0.2) is 0 Å². The molecule has 0 N–H and O–H groups in total. The number of nitrogens with zero attached hydrogens (tertiary/aromatic N) is 1. The highest BCUT2D eigenvalue weighted by molar-refractivity contribution is 7.76. The van der Waals surface area contributed by atoms with Crippen molar-refractivity contribution in [3.8, 4) is 0 Å². The molecule has 74 valence electrons. The highest BCUT2D eigenvalue weighted by Gasteiger charge is 1.96. The Labute approximate surface area is 77.6 Å². The highest BCUT2D eigenvalue weighted by atomic mass is 32.2. The average Bonchev–Trinajstić information content (AvgIpc) is 2.03. The van der Waals surface area contributed by atoms with Crippen LogP contribution in [0, 0.1) is 0 Å². The zero-order valence-electron chi connectivity index (χ0n) is 7.91. The maximum atomic E-state index is 10.3. The Morgan fingerprint density at radius 1 is 1.25 bits per heavy atom. The van der Waals surface area contributed by atoms with Crippen molar-refractivity contribution in [2.75, 3.05) is 13.6 Å². The molecule has 0 saturated carbocycles. The SMILES string of the molecule is CCCCCCCN(C)S(=O)[O-]. The molecule has 0 aliphatic heterocycles. The van der Waals surface area contributed by atoms with Crippen LogP contribution in [-0.4, -0.2) is 26.7 Å². The molecular weight excluding hydrogens is 174 g/mol. The third-order valence-corrected chi connectivity index (χ3v) is 2.52. The van der Waals surface area contributed by atoms with Crippen LogP contribution in [0.5, 0.6) is 0 Å². The maximum Gasteiger partial charge on any atom is 0.0206 e. The lowest BCUT2D eigenvalue weighted by Crippen LogP contribution is -2.21. The van der Waals surface area contributed by atoms with Gasteiger partial charge in [0.05, 0.1) is 0 Å². The van der Waals surface area contributed by atoms with E-state index in [1.165, 1.54) is 23.6 Å². The Kier molecular flexibility index (Phi) is 7.75. The lowest BCUT2D eigenvalue weighted by atomic mass is 10.1. The molecule has 0 amide bonds. The molecule has 0 aliphatic carbocycles. The van der Waals surface area contributed by atoms with Crippen molar-refractivity contribution in [2.24, 2.45) is 0 Å². The average molecular weight is 192 g/mol. The first-order valence-corrected chi connectivity index (χ1v) is 5.52. The summed E-state index contributed by atoms with van der Waals surface area (Å²) in [5, 5.41) is 0. The Balaban J connectivity index is 3.14. The van der Waals surface area contributed by atoms with E-state index in [-0.39, 0.29) is 0 Å². The van der Waals surface area contributed by atoms with Crippen LogP contribution in [0.2, 0.25) is 0 Å². The zero-order chi connectivity index (χ0) is 9.40. The normalized spacial score (nSPS) is 13.7. The quantitative estimate of drug-likeness (QED) is 0.455. The first-order chi connectivity index (χ1) is 5.68. The molecule has 0 radical (unpaired) electrons. The first kappa shape index (κ1) is 12.1. The van der Waals surface area contributed by atoms with Crippen LogP contribution in [0.1, 0.15) is 39.0 Å². The fraction of sp³-hybridized carbons (Fsp3) is 1.00. The first-order valence-electron chi connectivity index (χ1n) is 4.49. The summed E-state index contributed by atoms with van der Waals surface area (Å²) in [5.74, 6) is 0. The van der Waals surface area contributed by atoms with E-state index < -0.39 is 11.3 Å². The molecule has 3 nitrogen and oxygen atoms in total. The fourth-order valence-corrected chi connectivity index (χ4v) is 1.29. The van der Waals surface area contributed by atoms with Crippen LogP contribution in [-0.2, 0) is 11.3 Å². The summed E-state index contributed by atoms with van der Waals surface area (Å²) in [4.78, 5) is 0. The molecule has 0 spiro atoms. The van der Waals surface area contributed by atoms with Crippen molar-refractivity contribution in [1.29, 1.82) is 0 Å². The molecule has 4 heteroatoms. The standard InChI is InChI=1S/C8H19NO2S/c1-3-4-5-6-7-8-9(2)12(10)11/h3-8H2,1-2H3,(H,10,11)/p-1. The van der Waals surface area contributed by atoms with Gasteiger partial charge in [0.1, 0.15) is 0 Å². The van der Waals surface area contributed by atoms with Crippen molar-refractivity contribution in [3.63, 3.8) is 0 Å². The van der Waals surface area contributed by atoms with E-state index in [0.29, 0.717) is 6.54 Å². The summed E-state index contributed by atoms with van der Waals surface area (Å²) in [6.45, 7) is 2.82. The zero-order valence-corrected chi connectivity index (χ0v) is 8.73. The van der Waals surface area contributed by atoms with Crippen molar-refractivity contribution < 1.29 is 8.76 Å². The summed E-state index contributed by atoms with van der Waals surface area (Å²) in [5.41, 5.74) is 0. The van der Waals surface area contributed by atoms with Gasteiger partial charge in [0.15, 0.2) is 0 Å². The van der Waals surface area contributed by atoms with Gasteiger partial charge in [-0.05, 0) is 13.5 Å². The molecule has 0 bridgehead atoms. The van der Waals surface area contributed by atoms with Crippen molar-refractivity contribution in [1.82, 2.24) is 4.31 Å². The molecule has 0 fully saturated rings. The minimum atomic E-state index is -2.03. The van der Waals surface area contributed by atoms with Gasteiger partial charge in [0.25, 0.3) is 0 Å². The Morgan fingerprint density at radius 2 is 1.83 bits per heavy atom. The third-order valence-electron chi connectivity index (χ3n) is 1.83. The second-order valence-corrected chi connectivity index (χ2v) is 4.04. The van der Waals surface area contributed by atoms with E-state index in [2.05, 4.69) is 6.92 Å². The third kappa shape index (κ3) is 6.76. The molecule has 0 aromatic carbocycles. The smallest absolute Gasteiger partial charge is 0.0206 e. The Morgan fingerprint density at radius 3 is 2.33 bits per heavy atom. The van der Waals surface area contributed by atoms with Gasteiger partial charge in [-0.2, -0.15) is 0 Å². The van der Waals surface area contributed by atoms with Crippen molar-refractivity contribution >= 4 is 11.3 Å². The summed E-state index contributed by atoms with van der Waals surface area (Å²) in [6.07, 6.45) is 5.81. The molecule has 0 aliphatic rings. The van der Waals surface area contributed by atoms with Gasteiger partial charge < -0.3 is 4.55 Å². The monoisotopic (exact) mass is 192 g/mol. The van der Waals surface area contributed by atoms with Gasteiger partial charge in [-0.1, -0.05) is 32.6 Å². The molecule has 0 heterocycles. The number of hydrogen-bond donors (Lipinski definition) is 0. The van der Waals surface area contributed by atoms with Gasteiger partial charge in [-0.3, -0.25) is 4.21 Å². The van der Waals surface area contributed by atoms with Gasteiger partial charge in [-0.15, -0.1) is 0 Å². The molecule has 0 aromatic heterocycles. The summed E-state index contributed by atoms with van der Waals surface area (Å²) >= 11 is -2.03. The van der Waals surface area contributed by atoms with Gasteiger partial charge in [-0.25, -0.2) is 4.31 Å². The second kappa shape index (κ2) is 7.71. The summed E-state index contributed by atoms with van der Waals surface area (Å²) in [7, 11) is 1.60. The van der Waals surface area contributed by atoms with Gasteiger partial charge >= 0.3 is 0 Å². The van der Waals surface area contributed by atoms with E-state index in [4.69, 9.17) is 0 Å². The van der Waals surface area contributed by atoms with E-state index in [1.807, 2.05) is 0 Å². The van der Waals surface area contributed by atoms with Crippen molar-refractivity contribution in [3.05, 3.63) is 0 Å².